The largest absolute Gasteiger partial charge is 0.443 e. The molecule has 0 spiro atoms. The van der Waals surface area contributed by atoms with E-state index >= 15 is 0 Å². The number of amides is 2. The number of hydrogen-bond acceptors (Lipinski definition) is 5. The number of hydrogen-bond donors (Lipinski definition) is 1. The van der Waals surface area contributed by atoms with Crippen molar-refractivity contribution in [3.63, 3.8) is 0 Å². The van der Waals surface area contributed by atoms with Crippen molar-refractivity contribution in [2.75, 3.05) is 20.1 Å². The summed E-state index contributed by atoms with van der Waals surface area (Å²) >= 11 is 0. The number of hydrazine groups is 1. The molecule has 2 amide bonds. The standard InChI is InChI=1S/C18H28N4O3/c1-18(2,3)25-17(24)20-22-12-7-9-15(22)16(23)21(4)13-10-14-8-5-6-11-19-14/h5-6,8,11,15H,7,9-10,12-13H2,1-4H3,(H,20,24). The number of nitrogens with one attached hydrogen (secondary N) is 1. The third-order valence-electron chi connectivity index (χ3n) is 3.98. The lowest BCUT2D eigenvalue weighted by Crippen LogP contribution is -2.52. The van der Waals surface area contributed by atoms with E-state index in [0.717, 1.165) is 18.5 Å². The van der Waals surface area contributed by atoms with E-state index in [4.69, 9.17) is 4.74 Å². The lowest BCUT2D eigenvalue weighted by molar-refractivity contribution is -0.135. The minimum absolute atomic E-state index is 0.00416. The number of nitrogens with zero attached hydrogens (tertiary/aromatic N) is 3. The molecule has 7 nitrogen and oxygen atoms in total. The summed E-state index contributed by atoms with van der Waals surface area (Å²) in [7, 11) is 1.79. The van der Waals surface area contributed by atoms with E-state index in [2.05, 4.69) is 10.4 Å². The van der Waals surface area contributed by atoms with Crippen molar-refractivity contribution in [3.8, 4) is 0 Å². The molecule has 1 atom stereocenters. The molecule has 0 bridgehead atoms. The molecule has 0 aliphatic carbocycles. The Balaban J connectivity index is 1.87. The lowest BCUT2D eigenvalue weighted by Gasteiger charge is -2.29. The van der Waals surface area contributed by atoms with Gasteiger partial charge in [-0.05, 0) is 45.7 Å². The normalized spacial score (nSPS) is 18.0. The van der Waals surface area contributed by atoms with Crippen LogP contribution < -0.4 is 5.43 Å². The fourth-order valence-electron chi connectivity index (χ4n) is 2.77. The summed E-state index contributed by atoms with van der Waals surface area (Å²) in [5.41, 5.74) is 3.10. The van der Waals surface area contributed by atoms with Crippen molar-refractivity contribution in [1.29, 1.82) is 0 Å². The molecule has 1 saturated heterocycles. The van der Waals surface area contributed by atoms with E-state index in [1.807, 2.05) is 39.0 Å². The van der Waals surface area contributed by atoms with Crippen LogP contribution in [0.25, 0.3) is 0 Å². The van der Waals surface area contributed by atoms with Crippen LogP contribution in [0.5, 0.6) is 0 Å². The van der Waals surface area contributed by atoms with Crippen LogP contribution >= 0.6 is 0 Å². The van der Waals surface area contributed by atoms with E-state index in [0.29, 0.717) is 19.5 Å². The van der Waals surface area contributed by atoms with Crippen LogP contribution in [0, 0.1) is 0 Å². The van der Waals surface area contributed by atoms with E-state index in [9.17, 15) is 9.59 Å². The zero-order valence-corrected chi connectivity index (χ0v) is 15.5. The Kier molecular flexibility index (Phi) is 6.36. The van der Waals surface area contributed by atoms with Gasteiger partial charge in [-0.1, -0.05) is 6.07 Å². The average molecular weight is 348 g/mol. The molecule has 2 rings (SSSR count). The third-order valence-corrected chi connectivity index (χ3v) is 3.98. The topological polar surface area (TPSA) is 74.8 Å². The summed E-state index contributed by atoms with van der Waals surface area (Å²) in [5, 5.41) is 1.69. The Morgan fingerprint density at radius 1 is 1.40 bits per heavy atom. The summed E-state index contributed by atoms with van der Waals surface area (Å²) in [6, 6.07) is 5.41. The molecule has 0 saturated carbocycles. The first-order chi connectivity index (χ1) is 11.8. The molecule has 1 fully saturated rings. The van der Waals surface area contributed by atoms with Crippen LogP contribution in [0.1, 0.15) is 39.3 Å². The fraction of sp³-hybridized carbons (Fsp3) is 0.611. The third kappa shape index (κ3) is 6.01. The highest BCUT2D eigenvalue weighted by Gasteiger charge is 2.34. The first-order valence-electron chi connectivity index (χ1n) is 8.67. The quantitative estimate of drug-likeness (QED) is 0.881. The maximum atomic E-state index is 12.7. The van der Waals surface area contributed by atoms with Crippen molar-refractivity contribution in [1.82, 2.24) is 20.3 Å². The van der Waals surface area contributed by atoms with Crippen LogP contribution in [-0.2, 0) is 16.0 Å². The van der Waals surface area contributed by atoms with Gasteiger partial charge in [-0.25, -0.2) is 9.80 Å². The second kappa shape index (κ2) is 8.29. The van der Waals surface area contributed by atoms with Gasteiger partial charge in [0.2, 0.25) is 5.91 Å². The Labute approximate surface area is 149 Å². The molecule has 1 aliphatic rings. The minimum Gasteiger partial charge on any atom is -0.443 e. The first-order valence-corrected chi connectivity index (χ1v) is 8.67. The Morgan fingerprint density at radius 2 is 2.16 bits per heavy atom. The minimum atomic E-state index is -0.567. The van der Waals surface area contributed by atoms with Gasteiger partial charge in [0.05, 0.1) is 0 Å². The number of ether oxygens (including phenoxy) is 1. The Bertz CT molecular complexity index is 586. The molecule has 2 heterocycles. The molecule has 1 aliphatic heterocycles. The highest BCUT2D eigenvalue weighted by molar-refractivity contribution is 5.82. The predicted octanol–water partition coefficient (Wildman–Crippen LogP) is 1.99. The Morgan fingerprint density at radius 3 is 2.80 bits per heavy atom. The highest BCUT2D eigenvalue weighted by atomic mass is 16.6. The van der Waals surface area contributed by atoms with Gasteiger partial charge in [0.25, 0.3) is 0 Å². The Hall–Kier alpha value is -2.15. The molecule has 1 aromatic heterocycles. The van der Waals surface area contributed by atoms with Crippen molar-refractivity contribution < 1.29 is 14.3 Å². The summed E-state index contributed by atoms with van der Waals surface area (Å²) in [4.78, 5) is 30.6. The highest BCUT2D eigenvalue weighted by Crippen LogP contribution is 2.18. The van der Waals surface area contributed by atoms with Crippen LogP contribution in [0.2, 0.25) is 0 Å². The summed E-state index contributed by atoms with van der Waals surface area (Å²) < 4.78 is 5.27. The molecule has 1 aromatic rings. The number of rotatable bonds is 5. The maximum Gasteiger partial charge on any atom is 0.422 e. The number of pyridine rings is 1. The zero-order chi connectivity index (χ0) is 18.4. The van der Waals surface area contributed by atoms with Gasteiger partial charge in [-0.3, -0.25) is 15.2 Å². The molecule has 138 valence electrons. The molecule has 25 heavy (non-hydrogen) atoms. The fourth-order valence-corrected chi connectivity index (χ4v) is 2.77. The molecule has 7 heteroatoms. The van der Waals surface area contributed by atoms with Gasteiger partial charge in [-0.2, -0.15) is 0 Å². The monoisotopic (exact) mass is 348 g/mol. The molecule has 1 unspecified atom stereocenters. The van der Waals surface area contributed by atoms with Gasteiger partial charge in [-0.15, -0.1) is 0 Å². The van der Waals surface area contributed by atoms with Crippen molar-refractivity contribution in [2.24, 2.45) is 0 Å². The summed E-state index contributed by atoms with van der Waals surface area (Å²) in [6.07, 6.45) is 3.52. The zero-order valence-electron chi connectivity index (χ0n) is 15.5. The van der Waals surface area contributed by atoms with Crippen LogP contribution in [0.4, 0.5) is 4.79 Å². The number of likely N-dealkylation sites (N-methyl/N-ethyl adjacent to an activating group) is 1. The van der Waals surface area contributed by atoms with Crippen LogP contribution in [0.15, 0.2) is 24.4 Å². The maximum absolute atomic E-state index is 12.7. The van der Waals surface area contributed by atoms with Crippen molar-refractivity contribution >= 4 is 12.0 Å². The molecule has 0 radical (unpaired) electrons. The lowest BCUT2D eigenvalue weighted by atomic mass is 10.2. The van der Waals surface area contributed by atoms with Crippen molar-refractivity contribution in [3.05, 3.63) is 30.1 Å². The number of aromatic nitrogens is 1. The second-order valence-electron chi connectivity index (χ2n) is 7.30. The van der Waals surface area contributed by atoms with Crippen LogP contribution in [-0.4, -0.2) is 58.7 Å². The molecular formula is C18H28N4O3. The van der Waals surface area contributed by atoms with E-state index in [-0.39, 0.29) is 11.9 Å². The molecular weight excluding hydrogens is 320 g/mol. The van der Waals surface area contributed by atoms with Crippen LogP contribution in [0.3, 0.4) is 0 Å². The number of carbonyl (C=O) groups is 2. The van der Waals surface area contributed by atoms with Gasteiger partial charge in [0.1, 0.15) is 11.6 Å². The van der Waals surface area contributed by atoms with Gasteiger partial charge in [0, 0.05) is 38.4 Å². The first kappa shape index (κ1) is 19.2. The summed E-state index contributed by atoms with van der Waals surface area (Å²) in [5.74, 6) is 0.00416. The van der Waals surface area contributed by atoms with Crippen molar-refractivity contribution in [2.45, 2.75) is 51.7 Å². The van der Waals surface area contributed by atoms with Gasteiger partial charge in [0.15, 0.2) is 0 Å². The summed E-state index contributed by atoms with van der Waals surface area (Å²) in [6.45, 7) is 6.66. The predicted molar refractivity (Wildman–Crippen MR) is 94.7 cm³/mol. The SMILES string of the molecule is CN(CCc1ccccn1)C(=O)C1CCCN1NC(=O)OC(C)(C)C. The van der Waals surface area contributed by atoms with Gasteiger partial charge < -0.3 is 9.64 Å². The van der Waals surface area contributed by atoms with Gasteiger partial charge >= 0.3 is 6.09 Å². The average Bonchev–Trinajstić information content (AvgIpc) is 2.99. The second-order valence-corrected chi connectivity index (χ2v) is 7.30. The molecule has 0 aromatic carbocycles. The molecule has 1 N–H and O–H groups in total. The van der Waals surface area contributed by atoms with E-state index in [1.165, 1.54) is 0 Å². The smallest absolute Gasteiger partial charge is 0.422 e. The van der Waals surface area contributed by atoms with E-state index < -0.39 is 11.7 Å². The number of carbonyl (C=O) groups excluding carboxylic acids is 2. The van der Waals surface area contributed by atoms with E-state index in [1.54, 1.807) is 23.2 Å².